The van der Waals surface area contributed by atoms with Gasteiger partial charge in [-0.2, -0.15) is 5.10 Å². The lowest BCUT2D eigenvalue weighted by molar-refractivity contribution is -0.711. The summed E-state index contributed by atoms with van der Waals surface area (Å²) in [4.78, 5) is 31.3. The summed E-state index contributed by atoms with van der Waals surface area (Å²) in [6, 6.07) is 21.7. The minimum Gasteiger partial charge on any atom is -0.339 e. The molecule has 2 aliphatic carbocycles. The van der Waals surface area contributed by atoms with Crippen LogP contribution in [0.3, 0.4) is 0 Å². The first-order valence-electron chi connectivity index (χ1n) is 19.2. The number of nitrogens with zero attached hydrogens (tertiary/aromatic N) is 10. The van der Waals surface area contributed by atoms with Gasteiger partial charge in [-0.05, 0) is 82.0 Å². The number of nitrogens with one attached hydrogen (secondary N) is 4. The Labute approximate surface area is 317 Å². The second-order valence-corrected chi connectivity index (χ2v) is 14.9. The fourth-order valence-corrected chi connectivity index (χ4v) is 8.09. The summed E-state index contributed by atoms with van der Waals surface area (Å²) < 4.78 is 6.03. The maximum absolute atomic E-state index is 5.10. The van der Waals surface area contributed by atoms with Crippen molar-refractivity contribution in [1.29, 1.82) is 0 Å². The van der Waals surface area contributed by atoms with Crippen LogP contribution in [0.25, 0.3) is 56.6 Å². The monoisotopic (exact) mass is 731 g/mol. The van der Waals surface area contributed by atoms with Crippen LogP contribution < -0.4 is 15.2 Å². The molecular weight excluding hydrogens is 689 g/mol. The first-order chi connectivity index (χ1) is 27.0. The van der Waals surface area contributed by atoms with Crippen molar-refractivity contribution in [1.82, 2.24) is 64.7 Å². The van der Waals surface area contributed by atoms with E-state index in [2.05, 4.69) is 53.6 Å². The number of pyridine rings is 4. The Balaban J connectivity index is 0.848. The quantitative estimate of drug-likeness (QED) is 0.122. The smallest absolute Gasteiger partial charge is 0.266 e. The number of aryl methyl sites for hydroxylation is 2. The molecule has 276 valence electrons. The predicted octanol–water partition coefficient (Wildman–Crippen LogP) is 5.71. The van der Waals surface area contributed by atoms with Gasteiger partial charge in [0.2, 0.25) is 0 Å². The van der Waals surface area contributed by atoms with Crippen molar-refractivity contribution >= 4 is 11.3 Å². The van der Waals surface area contributed by atoms with Crippen LogP contribution in [0, 0.1) is 13.8 Å². The molecule has 2 fully saturated rings. The fraction of sp³-hybridized carbons (Fsp3) is 0.317. The molecule has 14 heteroatoms. The Morgan fingerprint density at radius 1 is 0.691 bits per heavy atom. The molecule has 0 spiro atoms. The van der Waals surface area contributed by atoms with E-state index in [-0.39, 0.29) is 0 Å². The van der Waals surface area contributed by atoms with E-state index in [1.54, 1.807) is 10.8 Å². The summed E-state index contributed by atoms with van der Waals surface area (Å²) in [6.45, 7) is 5.34. The van der Waals surface area contributed by atoms with Crippen molar-refractivity contribution in [2.24, 2.45) is 0 Å². The number of hydrogen-bond acceptors (Lipinski definition) is 9. The molecule has 8 aromatic heterocycles. The third-order valence-corrected chi connectivity index (χ3v) is 11.1. The summed E-state index contributed by atoms with van der Waals surface area (Å²) in [5.41, 5.74) is 11.0. The highest BCUT2D eigenvalue weighted by Gasteiger charge is 2.35. The average Bonchev–Trinajstić information content (AvgIpc) is 4.03. The molecule has 55 heavy (non-hydrogen) atoms. The highest BCUT2D eigenvalue weighted by Crippen LogP contribution is 2.33. The van der Waals surface area contributed by atoms with E-state index in [0.29, 0.717) is 31.2 Å². The van der Waals surface area contributed by atoms with Gasteiger partial charge in [0.05, 0.1) is 47.6 Å². The molecule has 0 aromatic carbocycles. The van der Waals surface area contributed by atoms with E-state index < -0.39 is 0 Å². The van der Waals surface area contributed by atoms with Gasteiger partial charge in [-0.15, -0.1) is 0 Å². The molecule has 0 unspecified atom stereocenters. The molecule has 0 radical (unpaired) electrons. The SMILES string of the molecule is Cc1cccc(-c2[nH]c(CNC3CCCC3)nc2-c2ccc3n(c2)nc[n+]3C2CC(NCc3nc(-c4ccc5ncnn5c4)c(-c4cccc(C)n4)[nH]3)C2)n1. The molecule has 14 nitrogen and oxygen atoms in total. The van der Waals surface area contributed by atoms with Gasteiger partial charge in [0, 0.05) is 52.0 Å². The largest absolute Gasteiger partial charge is 0.339 e. The summed E-state index contributed by atoms with van der Waals surface area (Å²) in [5.74, 6) is 1.79. The van der Waals surface area contributed by atoms with E-state index >= 15 is 0 Å². The number of aromatic amines is 2. The van der Waals surface area contributed by atoms with Gasteiger partial charge >= 0.3 is 0 Å². The zero-order valence-corrected chi connectivity index (χ0v) is 30.9. The summed E-state index contributed by atoms with van der Waals surface area (Å²) in [6.07, 6.45) is 14.6. The van der Waals surface area contributed by atoms with Crippen molar-refractivity contribution in [3.05, 3.63) is 109 Å². The van der Waals surface area contributed by atoms with Crippen molar-refractivity contribution in [3.8, 4) is 45.3 Å². The number of hydrogen-bond donors (Lipinski definition) is 4. The highest BCUT2D eigenvalue weighted by atomic mass is 15.3. The van der Waals surface area contributed by atoms with Crippen LogP contribution >= 0.6 is 0 Å². The Morgan fingerprint density at radius 3 is 1.96 bits per heavy atom. The third kappa shape index (κ3) is 6.57. The summed E-state index contributed by atoms with van der Waals surface area (Å²) in [7, 11) is 0. The zero-order chi connectivity index (χ0) is 36.9. The lowest BCUT2D eigenvalue weighted by Crippen LogP contribution is -2.52. The Bertz CT molecular complexity index is 2630. The molecule has 0 aliphatic heterocycles. The van der Waals surface area contributed by atoms with Crippen molar-refractivity contribution in [2.45, 2.75) is 83.6 Å². The van der Waals surface area contributed by atoms with E-state index in [9.17, 15) is 0 Å². The second kappa shape index (κ2) is 13.9. The minimum atomic E-state index is 0.347. The number of fused-ring (bicyclic) bond motifs is 2. The minimum absolute atomic E-state index is 0.347. The predicted molar refractivity (Wildman–Crippen MR) is 207 cm³/mol. The van der Waals surface area contributed by atoms with E-state index in [1.807, 2.05) is 79.4 Å². The average molecular weight is 732 g/mol. The third-order valence-electron chi connectivity index (χ3n) is 11.1. The van der Waals surface area contributed by atoms with Crippen LogP contribution in [-0.2, 0) is 13.1 Å². The molecule has 4 N–H and O–H groups in total. The summed E-state index contributed by atoms with van der Waals surface area (Å²) >= 11 is 0. The van der Waals surface area contributed by atoms with Crippen LogP contribution in [0.2, 0.25) is 0 Å². The van der Waals surface area contributed by atoms with Gasteiger partial charge in [0.1, 0.15) is 29.9 Å². The van der Waals surface area contributed by atoms with E-state index in [0.717, 1.165) is 92.5 Å². The first-order valence-corrected chi connectivity index (χ1v) is 19.2. The molecular formula is C41H43N14+. The van der Waals surface area contributed by atoms with Gasteiger partial charge in [0.25, 0.3) is 12.0 Å². The molecule has 0 atom stereocenters. The van der Waals surface area contributed by atoms with Crippen LogP contribution in [0.1, 0.15) is 67.6 Å². The molecule has 8 aromatic rings. The van der Waals surface area contributed by atoms with Crippen molar-refractivity contribution in [2.75, 3.05) is 0 Å². The van der Waals surface area contributed by atoms with Gasteiger partial charge in [0.15, 0.2) is 5.65 Å². The maximum Gasteiger partial charge on any atom is 0.266 e. The molecule has 0 saturated heterocycles. The standard InChI is InChI=1S/C41H43N14/c1-25-7-5-11-32(47-25)40-38(27-13-15-36-44-23-45-54(36)21-27)50-35(52-40)20-43-30-17-31(18-30)53-24-46-55-22-28(14-16-37(53)55)39-41(33-12-6-8-26(2)48-33)51-34(49-39)19-42-29-9-3-4-10-29/h5-8,11-16,21-24,29-31,42-43H,3-4,9-10,17-20H2,1-2H3,(H,49,51)(H,50,52)/q+1. The molecule has 0 amide bonds. The lowest BCUT2D eigenvalue weighted by Gasteiger charge is -2.34. The molecule has 0 bridgehead atoms. The van der Waals surface area contributed by atoms with Crippen LogP contribution in [0.5, 0.6) is 0 Å². The van der Waals surface area contributed by atoms with Crippen molar-refractivity contribution < 1.29 is 4.57 Å². The Hall–Kier alpha value is -6.12. The zero-order valence-electron chi connectivity index (χ0n) is 30.9. The first kappa shape index (κ1) is 33.4. The molecule has 10 rings (SSSR count). The Kier molecular flexibility index (Phi) is 8.48. The van der Waals surface area contributed by atoms with Gasteiger partial charge in [-0.1, -0.05) is 29.5 Å². The van der Waals surface area contributed by atoms with Crippen LogP contribution in [0.4, 0.5) is 0 Å². The van der Waals surface area contributed by atoms with E-state index in [4.69, 9.17) is 25.0 Å². The molecule has 2 aliphatic rings. The van der Waals surface area contributed by atoms with Crippen LogP contribution in [-0.4, -0.2) is 66.2 Å². The molecule has 2 saturated carbocycles. The maximum atomic E-state index is 5.10. The van der Waals surface area contributed by atoms with Crippen LogP contribution in [0.15, 0.2) is 85.7 Å². The van der Waals surface area contributed by atoms with Gasteiger partial charge < -0.3 is 20.6 Å². The number of H-pyrrole nitrogens is 2. The van der Waals surface area contributed by atoms with Crippen molar-refractivity contribution in [3.63, 3.8) is 0 Å². The number of rotatable bonds is 11. The normalized spacial score (nSPS) is 17.4. The molecule has 8 heterocycles. The van der Waals surface area contributed by atoms with E-state index in [1.165, 1.54) is 25.7 Å². The second-order valence-electron chi connectivity index (χ2n) is 14.9. The number of aromatic nitrogens is 12. The topological polar surface area (TPSA) is 159 Å². The van der Waals surface area contributed by atoms with Gasteiger partial charge in [-0.25, -0.2) is 24.0 Å². The Morgan fingerprint density at radius 2 is 1.31 bits per heavy atom. The lowest BCUT2D eigenvalue weighted by atomic mass is 9.86. The van der Waals surface area contributed by atoms with Gasteiger partial charge in [-0.3, -0.25) is 9.97 Å². The number of imidazole rings is 2. The fourth-order valence-electron chi connectivity index (χ4n) is 8.09. The highest BCUT2D eigenvalue weighted by molar-refractivity contribution is 5.78. The summed E-state index contributed by atoms with van der Waals surface area (Å²) in [5, 5.41) is 16.6.